The predicted octanol–water partition coefficient (Wildman–Crippen LogP) is 3.47. The summed E-state index contributed by atoms with van der Waals surface area (Å²) in [6.07, 6.45) is 1.48. The van der Waals surface area contributed by atoms with Gasteiger partial charge < -0.3 is 10.4 Å². The summed E-state index contributed by atoms with van der Waals surface area (Å²) in [5.74, 6) is -0.398. The second kappa shape index (κ2) is 7.65. The highest BCUT2D eigenvalue weighted by Crippen LogP contribution is 2.13. The Morgan fingerprint density at radius 3 is 2.32 bits per heavy atom. The summed E-state index contributed by atoms with van der Waals surface area (Å²) in [4.78, 5) is 11.2. The van der Waals surface area contributed by atoms with Crippen molar-refractivity contribution in [3.05, 3.63) is 34.3 Å². The molecule has 0 aliphatic heterocycles. The van der Waals surface area contributed by atoms with Crippen LogP contribution in [0.5, 0.6) is 0 Å². The Labute approximate surface area is 123 Å². The summed E-state index contributed by atoms with van der Waals surface area (Å²) in [5.41, 5.74) is 1.21. The Bertz CT molecular complexity index is 403. The fourth-order valence-corrected chi connectivity index (χ4v) is 2.35. The van der Waals surface area contributed by atoms with Crippen LogP contribution in [0.2, 0.25) is 0 Å². The molecule has 0 spiro atoms. The van der Waals surface area contributed by atoms with Gasteiger partial charge in [-0.1, -0.05) is 41.9 Å². The predicted molar refractivity (Wildman–Crippen MR) is 81.3 cm³/mol. The number of hydrogen-bond donors (Lipinski definition) is 2. The summed E-state index contributed by atoms with van der Waals surface area (Å²) >= 11 is 3.40. The molecule has 0 aliphatic carbocycles. The van der Waals surface area contributed by atoms with Gasteiger partial charge in [-0.3, -0.25) is 4.79 Å². The molecule has 0 radical (unpaired) electrons. The molecule has 0 aliphatic rings. The number of rotatable bonds is 7. The maximum atomic E-state index is 11.2. The van der Waals surface area contributed by atoms with Gasteiger partial charge in [0.15, 0.2) is 0 Å². The van der Waals surface area contributed by atoms with E-state index in [4.69, 9.17) is 0 Å². The zero-order valence-corrected chi connectivity index (χ0v) is 13.3. The molecule has 1 rings (SSSR count). The van der Waals surface area contributed by atoms with Gasteiger partial charge in [-0.2, -0.15) is 0 Å². The van der Waals surface area contributed by atoms with E-state index < -0.39 is 12.0 Å². The Morgan fingerprint density at radius 2 is 1.84 bits per heavy atom. The van der Waals surface area contributed by atoms with E-state index in [0.717, 1.165) is 10.9 Å². The number of nitrogens with one attached hydrogen (secondary N) is 1. The molecule has 19 heavy (non-hydrogen) atoms. The third kappa shape index (κ3) is 6.21. The Hall–Kier alpha value is -0.870. The highest BCUT2D eigenvalue weighted by atomic mass is 79.9. The lowest BCUT2D eigenvalue weighted by atomic mass is 10.0. The monoisotopic (exact) mass is 327 g/mol. The molecular formula is C15H22BrNO2. The van der Waals surface area contributed by atoms with Crippen LogP contribution in [0.15, 0.2) is 28.7 Å². The van der Waals surface area contributed by atoms with Crippen molar-refractivity contribution in [3.63, 3.8) is 0 Å². The van der Waals surface area contributed by atoms with Crippen LogP contribution in [0, 0.1) is 5.92 Å². The quantitative estimate of drug-likeness (QED) is 0.806. The molecule has 0 amide bonds. The first kappa shape index (κ1) is 16.2. The normalized spacial score (nSPS) is 14.4. The lowest BCUT2D eigenvalue weighted by Gasteiger charge is -2.21. The fourth-order valence-electron chi connectivity index (χ4n) is 2.09. The van der Waals surface area contributed by atoms with Crippen molar-refractivity contribution in [3.8, 4) is 0 Å². The maximum Gasteiger partial charge on any atom is 0.320 e. The van der Waals surface area contributed by atoms with Crippen molar-refractivity contribution >= 4 is 21.9 Å². The number of carboxylic acids is 1. The SMILES string of the molecule is CC(C)CC(NC(C)Cc1ccc(Br)cc1)C(=O)O. The molecular weight excluding hydrogens is 306 g/mol. The van der Waals surface area contributed by atoms with Crippen LogP contribution in [0.25, 0.3) is 0 Å². The molecule has 1 aromatic carbocycles. The molecule has 2 unspecified atom stereocenters. The molecule has 0 bridgehead atoms. The molecule has 0 saturated carbocycles. The smallest absolute Gasteiger partial charge is 0.320 e. The zero-order chi connectivity index (χ0) is 14.4. The fraction of sp³-hybridized carbons (Fsp3) is 0.533. The van der Waals surface area contributed by atoms with Crippen LogP contribution in [-0.2, 0) is 11.2 Å². The van der Waals surface area contributed by atoms with Gasteiger partial charge in [0.05, 0.1) is 0 Å². The Kier molecular flexibility index (Phi) is 6.52. The minimum Gasteiger partial charge on any atom is -0.480 e. The van der Waals surface area contributed by atoms with E-state index in [2.05, 4.69) is 33.4 Å². The molecule has 2 atom stereocenters. The van der Waals surface area contributed by atoms with E-state index in [1.807, 2.05) is 32.9 Å². The standard InChI is InChI=1S/C15H22BrNO2/c1-10(2)8-14(15(18)19)17-11(3)9-12-4-6-13(16)7-5-12/h4-7,10-11,14,17H,8-9H2,1-3H3,(H,18,19). The summed E-state index contributed by atoms with van der Waals surface area (Å²) in [6.45, 7) is 6.10. The molecule has 0 aromatic heterocycles. The van der Waals surface area contributed by atoms with Gasteiger partial charge in [0, 0.05) is 10.5 Å². The van der Waals surface area contributed by atoms with E-state index in [-0.39, 0.29) is 6.04 Å². The second-order valence-electron chi connectivity index (χ2n) is 5.42. The van der Waals surface area contributed by atoms with Crippen molar-refractivity contribution in [1.82, 2.24) is 5.32 Å². The van der Waals surface area contributed by atoms with Crippen molar-refractivity contribution in [2.24, 2.45) is 5.92 Å². The molecule has 4 heteroatoms. The first-order chi connectivity index (χ1) is 8.88. The van der Waals surface area contributed by atoms with Crippen molar-refractivity contribution in [2.75, 3.05) is 0 Å². The van der Waals surface area contributed by atoms with Crippen LogP contribution < -0.4 is 5.32 Å². The maximum absolute atomic E-state index is 11.2. The Balaban J connectivity index is 2.54. The van der Waals surface area contributed by atoms with Gasteiger partial charge in [0.25, 0.3) is 0 Å². The second-order valence-corrected chi connectivity index (χ2v) is 6.33. The number of halogens is 1. The van der Waals surface area contributed by atoms with Crippen molar-refractivity contribution in [2.45, 2.75) is 45.7 Å². The molecule has 0 heterocycles. The van der Waals surface area contributed by atoms with Crippen molar-refractivity contribution in [1.29, 1.82) is 0 Å². The first-order valence-corrected chi connectivity index (χ1v) is 7.41. The summed E-state index contributed by atoms with van der Waals surface area (Å²) < 4.78 is 1.06. The Morgan fingerprint density at radius 1 is 1.26 bits per heavy atom. The van der Waals surface area contributed by atoms with Crippen molar-refractivity contribution < 1.29 is 9.90 Å². The summed E-state index contributed by atoms with van der Waals surface area (Å²) in [5, 5.41) is 12.4. The van der Waals surface area contributed by atoms with Gasteiger partial charge >= 0.3 is 5.97 Å². The minimum absolute atomic E-state index is 0.140. The average molecular weight is 328 g/mol. The highest BCUT2D eigenvalue weighted by molar-refractivity contribution is 9.10. The molecule has 0 fully saturated rings. The van der Waals surface area contributed by atoms with Gasteiger partial charge in [-0.15, -0.1) is 0 Å². The molecule has 3 nitrogen and oxygen atoms in total. The zero-order valence-electron chi connectivity index (χ0n) is 11.7. The summed E-state index contributed by atoms with van der Waals surface area (Å²) in [6, 6.07) is 7.79. The lowest BCUT2D eigenvalue weighted by Crippen LogP contribution is -2.43. The molecule has 2 N–H and O–H groups in total. The molecule has 1 aromatic rings. The summed E-state index contributed by atoms with van der Waals surface area (Å²) in [7, 11) is 0. The largest absolute Gasteiger partial charge is 0.480 e. The van der Waals surface area contributed by atoms with Gasteiger partial charge in [-0.05, 0) is 43.4 Å². The van der Waals surface area contributed by atoms with Crippen LogP contribution in [0.4, 0.5) is 0 Å². The van der Waals surface area contributed by atoms with Crippen LogP contribution in [0.3, 0.4) is 0 Å². The van der Waals surface area contributed by atoms with Crippen LogP contribution >= 0.6 is 15.9 Å². The number of carboxylic acid groups (broad SMARTS) is 1. The van der Waals surface area contributed by atoms with Crippen LogP contribution in [0.1, 0.15) is 32.8 Å². The number of carbonyl (C=O) groups is 1. The van der Waals surface area contributed by atoms with Gasteiger partial charge in [0.2, 0.25) is 0 Å². The van der Waals surface area contributed by atoms with E-state index >= 15 is 0 Å². The molecule has 106 valence electrons. The topological polar surface area (TPSA) is 49.3 Å². The van der Waals surface area contributed by atoms with Crippen LogP contribution in [-0.4, -0.2) is 23.2 Å². The minimum atomic E-state index is -0.767. The average Bonchev–Trinajstić information content (AvgIpc) is 2.30. The van der Waals surface area contributed by atoms with E-state index in [1.54, 1.807) is 0 Å². The van der Waals surface area contributed by atoms with Gasteiger partial charge in [-0.25, -0.2) is 0 Å². The van der Waals surface area contributed by atoms with Gasteiger partial charge in [0.1, 0.15) is 6.04 Å². The highest BCUT2D eigenvalue weighted by Gasteiger charge is 2.20. The van der Waals surface area contributed by atoms with E-state index in [1.165, 1.54) is 5.56 Å². The number of hydrogen-bond acceptors (Lipinski definition) is 2. The van der Waals surface area contributed by atoms with E-state index in [9.17, 15) is 9.90 Å². The first-order valence-electron chi connectivity index (χ1n) is 6.61. The molecule has 0 saturated heterocycles. The third-order valence-corrected chi connectivity index (χ3v) is 3.47. The lowest BCUT2D eigenvalue weighted by molar-refractivity contribution is -0.140. The third-order valence-electron chi connectivity index (χ3n) is 2.95. The number of benzene rings is 1. The number of aliphatic carboxylic acids is 1. The van der Waals surface area contributed by atoms with E-state index in [0.29, 0.717) is 12.3 Å².